The SMILES string of the molecule is c1ccc(-c2cccc(-c3cccc(N(c4ccc(-c5cccc6c5sc5ccccc56)cc4)c4ccccc4-c4ccc5ccccc5c4)c3)c2)cc1. The van der Waals surface area contributed by atoms with Crippen LogP contribution in [0.5, 0.6) is 0 Å². The molecule has 0 aliphatic rings. The largest absolute Gasteiger partial charge is 0.310 e. The Hall–Kier alpha value is -6.74. The van der Waals surface area contributed by atoms with Crippen molar-refractivity contribution in [1.29, 1.82) is 0 Å². The third-order valence-corrected chi connectivity index (χ3v) is 11.7. The smallest absolute Gasteiger partial charge is 0.0540 e. The van der Waals surface area contributed by atoms with E-state index in [1.807, 2.05) is 11.3 Å². The average Bonchev–Trinajstić information content (AvgIpc) is 3.64. The second-order valence-corrected chi connectivity index (χ2v) is 14.8. The molecular weight excluding hydrogens is 671 g/mol. The first-order valence-corrected chi connectivity index (χ1v) is 19.2. The van der Waals surface area contributed by atoms with Crippen LogP contribution < -0.4 is 4.90 Å². The van der Waals surface area contributed by atoms with Crippen molar-refractivity contribution in [2.45, 2.75) is 0 Å². The summed E-state index contributed by atoms with van der Waals surface area (Å²) in [6.45, 7) is 0. The number of benzene rings is 9. The fourth-order valence-corrected chi connectivity index (χ4v) is 9.03. The minimum atomic E-state index is 1.10. The molecule has 9 aromatic carbocycles. The van der Waals surface area contributed by atoms with Crippen molar-refractivity contribution < 1.29 is 0 Å². The molecule has 2 heteroatoms. The third-order valence-electron chi connectivity index (χ3n) is 10.5. The molecule has 1 nitrogen and oxygen atoms in total. The summed E-state index contributed by atoms with van der Waals surface area (Å²) >= 11 is 1.88. The Bertz CT molecular complexity index is 2940. The van der Waals surface area contributed by atoms with E-state index in [4.69, 9.17) is 0 Å². The number of hydrogen-bond acceptors (Lipinski definition) is 2. The molecule has 254 valence electrons. The Morgan fingerprint density at radius 2 is 0.926 bits per heavy atom. The van der Waals surface area contributed by atoms with Crippen LogP contribution in [0.3, 0.4) is 0 Å². The van der Waals surface area contributed by atoms with Crippen LogP contribution in [0.15, 0.2) is 212 Å². The lowest BCUT2D eigenvalue weighted by Crippen LogP contribution is -2.11. The van der Waals surface area contributed by atoms with Gasteiger partial charge in [-0.3, -0.25) is 0 Å². The molecular formula is C52H35NS. The highest BCUT2D eigenvalue weighted by Crippen LogP contribution is 2.44. The number of fused-ring (bicyclic) bond motifs is 4. The van der Waals surface area contributed by atoms with Gasteiger partial charge in [-0.25, -0.2) is 0 Å². The lowest BCUT2D eigenvalue weighted by Gasteiger charge is -2.28. The molecule has 0 saturated heterocycles. The van der Waals surface area contributed by atoms with E-state index in [0.717, 1.165) is 17.1 Å². The van der Waals surface area contributed by atoms with E-state index in [-0.39, 0.29) is 0 Å². The summed E-state index contributed by atoms with van der Waals surface area (Å²) in [6.07, 6.45) is 0. The molecule has 0 spiro atoms. The van der Waals surface area contributed by atoms with Crippen molar-refractivity contribution in [1.82, 2.24) is 0 Å². The first-order valence-electron chi connectivity index (χ1n) is 18.4. The third kappa shape index (κ3) is 5.84. The highest BCUT2D eigenvalue weighted by molar-refractivity contribution is 7.26. The Morgan fingerprint density at radius 1 is 0.315 bits per heavy atom. The number of thiophene rings is 1. The van der Waals surface area contributed by atoms with Crippen LogP contribution in [0.1, 0.15) is 0 Å². The Balaban J connectivity index is 1.12. The summed E-state index contributed by atoms with van der Waals surface area (Å²) < 4.78 is 2.65. The number of anilines is 3. The van der Waals surface area contributed by atoms with Crippen molar-refractivity contribution in [2.75, 3.05) is 4.90 Å². The van der Waals surface area contributed by atoms with Gasteiger partial charge >= 0.3 is 0 Å². The van der Waals surface area contributed by atoms with Gasteiger partial charge in [-0.15, -0.1) is 11.3 Å². The monoisotopic (exact) mass is 705 g/mol. The maximum absolute atomic E-state index is 2.42. The highest BCUT2D eigenvalue weighted by Gasteiger charge is 2.19. The van der Waals surface area contributed by atoms with Gasteiger partial charge in [-0.1, -0.05) is 164 Å². The number of nitrogens with zero attached hydrogens (tertiary/aromatic N) is 1. The molecule has 1 aromatic heterocycles. The van der Waals surface area contributed by atoms with Gasteiger partial charge in [0.1, 0.15) is 0 Å². The van der Waals surface area contributed by atoms with Gasteiger partial charge in [0, 0.05) is 37.1 Å². The summed E-state index contributed by atoms with van der Waals surface area (Å²) in [5.74, 6) is 0. The van der Waals surface area contributed by atoms with E-state index in [1.54, 1.807) is 0 Å². The first-order chi connectivity index (χ1) is 26.8. The number of hydrogen-bond donors (Lipinski definition) is 0. The first kappa shape index (κ1) is 32.0. The topological polar surface area (TPSA) is 3.24 Å². The van der Waals surface area contributed by atoms with Gasteiger partial charge in [0.05, 0.1) is 5.69 Å². The van der Waals surface area contributed by atoms with Crippen molar-refractivity contribution in [3.05, 3.63) is 212 Å². The van der Waals surface area contributed by atoms with Crippen LogP contribution in [0.2, 0.25) is 0 Å². The maximum Gasteiger partial charge on any atom is 0.0540 e. The molecule has 0 N–H and O–H groups in total. The van der Waals surface area contributed by atoms with Gasteiger partial charge in [-0.05, 0) is 98.2 Å². The Kier molecular flexibility index (Phi) is 8.09. The molecule has 1 heterocycles. The van der Waals surface area contributed by atoms with E-state index in [2.05, 4.69) is 217 Å². The van der Waals surface area contributed by atoms with E-state index >= 15 is 0 Å². The standard InChI is InChI=1S/C52H35NS/c1-2-13-36(14-3-1)40-17-10-18-41(33-40)42-19-11-20-45(35-42)53(50-25-8-6-21-46(50)43-28-27-37-15-4-5-16-39(37)34-43)44-31-29-38(30-32-44)47-23-12-24-49-48-22-7-9-26-51(48)54-52(47)49/h1-35H. The summed E-state index contributed by atoms with van der Waals surface area (Å²) in [6, 6.07) is 77.1. The number of para-hydroxylation sites is 1. The molecule has 0 amide bonds. The van der Waals surface area contributed by atoms with Crippen LogP contribution in [-0.4, -0.2) is 0 Å². The van der Waals surface area contributed by atoms with E-state index in [0.29, 0.717) is 0 Å². The molecule has 0 aliphatic carbocycles. The predicted molar refractivity (Wildman–Crippen MR) is 233 cm³/mol. The molecule has 0 unspecified atom stereocenters. The van der Waals surface area contributed by atoms with Crippen molar-refractivity contribution in [2.24, 2.45) is 0 Å². The maximum atomic E-state index is 2.42. The van der Waals surface area contributed by atoms with Crippen LogP contribution >= 0.6 is 11.3 Å². The zero-order chi connectivity index (χ0) is 35.8. The van der Waals surface area contributed by atoms with Crippen molar-refractivity contribution in [3.8, 4) is 44.5 Å². The molecule has 10 aromatic rings. The molecule has 0 atom stereocenters. The average molecular weight is 706 g/mol. The molecule has 0 saturated carbocycles. The highest BCUT2D eigenvalue weighted by atomic mass is 32.1. The lowest BCUT2D eigenvalue weighted by molar-refractivity contribution is 1.28. The zero-order valence-corrected chi connectivity index (χ0v) is 30.4. The van der Waals surface area contributed by atoms with Gasteiger partial charge in [-0.2, -0.15) is 0 Å². The minimum Gasteiger partial charge on any atom is -0.310 e. The van der Waals surface area contributed by atoms with Crippen LogP contribution in [0.4, 0.5) is 17.1 Å². The van der Waals surface area contributed by atoms with Crippen LogP contribution in [0.25, 0.3) is 75.5 Å². The molecule has 0 aliphatic heterocycles. The summed E-state index contributed by atoms with van der Waals surface area (Å²) in [5.41, 5.74) is 13.0. The summed E-state index contributed by atoms with van der Waals surface area (Å²) in [7, 11) is 0. The Labute approximate surface area is 319 Å². The Morgan fingerprint density at radius 3 is 1.80 bits per heavy atom. The second kappa shape index (κ2) is 13.7. The molecule has 0 fully saturated rings. The van der Waals surface area contributed by atoms with Gasteiger partial charge in [0.2, 0.25) is 0 Å². The molecule has 0 radical (unpaired) electrons. The predicted octanol–water partition coefficient (Wildman–Crippen LogP) is 15.3. The second-order valence-electron chi connectivity index (χ2n) is 13.7. The van der Waals surface area contributed by atoms with Crippen LogP contribution in [-0.2, 0) is 0 Å². The van der Waals surface area contributed by atoms with Gasteiger partial charge in [0.25, 0.3) is 0 Å². The number of rotatable bonds is 7. The van der Waals surface area contributed by atoms with E-state index < -0.39 is 0 Å². The van der Waals surface area contributed by atoms with Crippen LogP contribution in [0, 0.1) is 0 Å². The molecule has 10 rings (SSSR count). The molecule has 0 bridgehead atoms. The summed E-state index contributed by atoms with van der Waals surface area (Å²) in [4.78, 5) is 2.42. The quantitative estimate of drug-likeness (QED) is 0.160. The summed E-state index contributed by atoms with van der Waals surface area (Å²) in [5, 5.41) is 5.11. The fraction of sp³-hybridized carbons (Fsp3) is 0. The normalized spacial score (nSPS) is 11.3. The van der Waals surface area contributed by atoms with Crippen molar-refractivity contribution in [3.63, 3.8) is 0 Å². The molecule has 54 heavy (non-hydrogen) atoms. The minimum absolute atomic E-state index is 1.10. The van der Waals surface area contributed by atoms with Gasteiger partial charge < -0.3 is 4.90 Å². The van der Waals surface area contributed by atoms with Gasteiger partial charge in [0.15, 0.2) is 0 Å². The van der Waals surface area contributed by atoms with Crippen molar-refractivity contribution >= 4 is 59.3 Å². The lowest BCUT2D eigenvalue weighted by atomic mass is 9.97. The van der Waals surface area contributed by atoms with E-state index in [9.17, 15) is 0 Å². The zero-order valence-electron chi connectivity index (χ0n) is 29.6. The van der Waals surface area contributed by atoms with E-state index in [1.165, 1.54) is 75.5 Å². The fourth-order valence-electron chi connectivity index (χ4n) is 7.79.